The molecule has 1 aliphatic rings. The fourth-order valence-corrected chi connectivity index (χ4v) is 6.67. The van der Waals surface area contributed by atoms with Crippen molar-refractivity contribution in [1.82, 2.24) is 39.6 Å². The molecule has 0 aliphatic carbocycles. The van der Waals surface area contributed by atoms with E-state index >= 15 is 0 Å². The summed E-state index contributed by atoms with van der Waals surface area (Å²) >= 11 is 6.72. The van der Waals surface area contributed by atoms with Gasteiger partial charge in [0.15, 0.2) is 17.2 Å². The molecule has 0 amide bonds. The molecule has 0 N–H and O–H groups in total. The fraction of sp³-hybridized carbons (Fsp3) is 0.410. The first-order valence-electron chi connectivity index (χ1n) is 17.8. The minimum Gasteiger partial charge on any atom is -0.456 e. The Balaban J connectivity index is 1.16. The van der Waals surface area contributed by atoms with Crippen molar-refractivity contribution in [3.05, 3.63) is 106 Å². The highest BCUT2D eigenvalue weighted by Gasteiger charge is 2.21. The molecule has 1 aliphatic heterocycles. The van der Waals surface area contributed by atoms with Crippen molar-refractivity contribution in [3.8, 4) is 22.5 Å². The second-order valence-electron chi connectivity index (χ2n) is 13.1. The topological polar surface area (TPSA) is 103 Å². The summed E-state index contributed by atoms with van der Waals surface area (Å²) in [4.78, 5) is 22.7. The molecule has 11 nitrogen and oxygen atoms in total. The van der Waals surface area contributed by atoms with Crippen LogP contribution in [-0.4, -0.2) is 85.4 Å². The Morgan fingerprint density at radius 2 is 1.59 bits per heavy atom. The van der Waals surface area contributed by atoms with Gasteiger partial charge in [0.2, 0.25) is 0 Å². The predicted molar refractivity (Wildman–Crippen MR) is 198 cm³/mol. The molecule has 1 unspecified atom stereocenters. The molecule has 0 radical (unpaired) electrons. The number of hydrogen-bond donors (Lipinski definition) is 0. The first kappa shape index (κ1) is 36.4. The molecular weight excluding hydrogens is 664 g/mol. The van der Waals surface area contributed by atoms with E-state index in [4.69, 9.17) is 26.1 Å². The number of halogens is 1. The van der Waals surface area contributed by atoms with E-state index in [1.54, 1.807) is 4.68 Å². The first-order chi connectivity index (χ1) is 24.8. The van der Waals surface area contributed by atoms with E-state index in [1.165, 1.54) is 5.56 Å². The highest BCUT2D eigenvalue weighted by atomic mass is 35.5. The van der Waals surface area contributed by atoms with Gasteiger partial charge in [-0.1, -0.05) is 85.6 Å². The van der Waals surface area contributed by atoms with Gasteiger partial charge in [-0.15, -0.1) is 5.10 Å². The number of imidazole rings is 1. The molecule has 3 heterocycles. The van der Waals surface area contributed by atoms with E-state index < -0.39 is 0 Å². The molecule has 5 aromatic rings. The summed E-state index contributed by atoms with van der Waals surface area (Å²) in [5.74, 6) is 1.14. The van der Waals surface area contributed by atoms with Crippen molar-refractivity contribution >= 4 is 17.6 Å². The number of piperazine rings is 1. The van der Waals surface area contributed by atoms with Crippen molar-refractivity contribution in [3.63, 3.8) is 0 Å². The Labute approximate surface area is 305 Å². The van der Waals surface area contributed by atoms with Crippen molar-refractivity contribution < 1.29 is 14.3 Å². The molecule has 0 spiro atoms. The monoisotopic (exact) mass is 710 g/mol. The standard InChI is InChI=1S/C39H47ClN8O3/c1-5-7-12-36-41-37(40)35(27-51-39(49)32-19-15-29(16-20-32)25-46-23-21-45(4)22-24-46)47(36)26-30-13-17-31(18-14-30)33-10-8-9-11-34(33)38-42-43-44-48(38)28(3)50-6-2/h8-11,13-20,28H,5-7,12,21-27H2,1-4H3. The summed E-state index contributed by atoms with van der Waals surface area (Å²) in [6, 6.07) is 24.2. The quantitative estimate of drug-likeness (QED) is 0.107. The molecule has 0 bridgehead atoms. The smallest absolute Gasteiger partial charge is 0.338 e. The lowest BCUT2D eigenvalue weighted by atomic mass is 9.98. The minimum atomic E-state index is -0.384. The largest absolute Gasteiger partial charge is 0.456 e. The van der Waals surface area contributed by atoms with Crippen molar-refractivity contribution in [2.45, 2.75) is 66.0 Å². The normalized spacial score (nSPS) is 14.5. The Kier molecular flexibility index (Phi) is 12.3. The second-order valence-corrected chi connectivity index (χ2v) is 13.4. The Hall–Kier alpha value is -4.42. The van der Waals surface area contributed by atoms with Crippen LogP contribution in [0, 0.1) is 0 Å². The van der Waals surface area contributed by atoms with Crippen LogP contribution in [0.3, 0.4) is 0 Å². The fourth-order valence-electron chi connectivity index (χ4n) is 6.41. The maximum absolute atomic E-state index is 13.2. The van der Waals surface area contributed by atoms with Gasteiger partial charge in [-0.25, -0.2) is 9.78 Å². The SMILES string of the molecule is CCCCc1nc(Cl)c(COC(=O)c2ccc(CN3CCN(C)CC3)cc2)n1Cc1ccc(-c2ccccc2-c2nnnn2C(C)OCC)cc1. The molecule has 2 aromatic heterocycles. The number of tetrazole rings is 1. The van der Waals surface area contributed by atoms with E-state index in [9.17, 15) is 4.79 Å². The zero-order valence-electron chi connectivity index (χ0n) is 30.0. The summed E-state index contributed by atoms with van der Waals surface area (Å²) in [5.41, 5.74) is 6.42. The van der Waals surface area contributed by atoms with Crippen LogP contribution in [0.25, 0.3) is 22.5 Å². The molecule has 1 atom stereocenters. The van der Waals surface area contributed by atoms with Crippen LogP contribution in [0.5, 0.6) is 0 Å². The van der Waals surface area contributed by atoms with Gasteiger partial charge in [-0.2, -0.15) is 4.68 Å². The number of rotatable bonds is 15. The summed E-state index contributed by atoms with van der Waals surface area (Å²) in [7, 11) is 2.16. The van der Waals surface area contributed by atoms with Crippen molar-refractivity contribution in [2.24, 2.45) is 0 Å². The van der Waals surface area contributed by atoms with Crippen LogP contribution >= 0.6 is 11.6 Å². The number of nitrogens with zero attached hydrogens (tertiary/aromatic N) is 8. The van der Waals surface area contributed by atoms with E-state index in [0.717, 1.165) is 80.1 Å². The van der Waals surface area contributed by atoms with Crippen LogP contribution in [0.4, 0.5) is 0 Å². The number of benzene rings is 3. The zero-order chi connectivity index (χ0) is 35.7. The number of aryl methyl sites for hydroxylation is 1. The van der Waals surface area contributed by atoms with Crippen molar-refractivity contribution in [1.29, 1.82) is 0 Å². The number of ether oxygens (including phenoxy) is 2. The van der Waals surface area contributed by atoms with Crippen molar-refractivity contribution in [2.75, 3.05) is 39.8 Å². The average molecular weight is 711 g/mol. The van der Waals surface area contributed by atoms with E-state index in [0.29, 0.717) is 35.4 Å². The van der Waals surface area contributed by atoms with Gasteiger partial charge in [0, 0.05) is 57.9 Å². The van der Waals surface area contributed by atoms with Crippen LogP contribution in [-0.2, 0) is 35.6 Å². The van der Waals surface area contributed by atoms with Crippen LogP contribution in [0.1, 0.15) is 72.8 Å². The van der Waals surface area contributed by atoms with Gasteiger partial charge in [-0.05, 0) is 72.1 Å². The molecule has 0 saturated carbocycles. The minimum absolute atomic E-state index is 0.0280. The third-order valence-electron chi connectivity index (χ3n) is 9.41. The number of hydrogen-bond acceptors (Lipinski definition) is 9. The summed E-state index contributed by atoms with van der Waals surface area (Å²) in [6.07, 6.45) is 2.48. The van der Waals surface area contributed by atoms with E-state index in [1.807, 2.05) is 56.3 Å². The number of unbranched alkanes of at least 4 members (excludes halogenated alkanes) is 1. The predicted octanol–water partition coefficient (Wildman–Crippen LogP) is 6.91. The number of aromatic nitrogens is 6. The summed E-state index contributed by atoms with van der Waals surface area (Å²) in [6.45, 7) is 12.3. The first-order valence-corrected chi connectivity index (χ1v) is 18.2. The zero-order valence-corrected chi connectivity index (χ0v) is 30.7. The molecule has 268 valence electrons. The lowest BCUT2D eigenvalue weighted by Crippen LogP contribution is -2.43. The van der Waals surface area contributed by atoms with Crippen LogP contribution < -0.4 is 0 Å². The average Bonchev–Trinajstić information content (AvgIpc) is 3.76. The molecule has 51 heavy (non-hydrogen) atoms. The van der Waals surface area contributed by atoms with E-state index in [-0.39, 0.29) is 18.8 Å². The van der Waals surface area contributed by atoms with Gasteiger partial charge in [0.05, 0.1) is 11.3 Å². The van der Waals surface area contributed by atoms with Gasteiger partial charge in [0.1, 0.15) is 12.4 Å². The van der Waals surface area contributed by atoms with Gasteiger partial charge >= 0.3 is 5.97 Å². The van der Waals surface area contributed by atoms with E-state index in [2.05, 4.69) is 74.2 Å². The molecule has 3 aromatic carbocycles. The molecular formula is C39H47ClN8O3. The number of esters is 1. The maximum atomic E-state index is 13.2. The highest BCUT2D eigenvalue weighted by molar-refractivity contribution is 6.30. The Bertz CT molecular complexity index is 1880. The molecule has 12 heteroatoms. The van der Waals surface area contributed by atoms with Gasteiger partial charge in [0.25, 0.3) is 0 Å². The molecule has 6 rings (SSSR count). The maximum Gasteiger partial charge on any atom is 0.338 e. The number of carbonyl (C=O) groups excluding carboxylic acids is 1. The molecule has 1 fully saturated rings. The van der Waals surface area contributed by atoms with Gasteiger partial charge < -0.3 is 18.9 Å². The number of carbonyl (C=O) groups is 1. The lowest BCUT2D eigenvalue weighted by molar-refractivity contribution is 0.0159. The number of likely N-dealkylation sites (N-methyl/N-ethyl adjacent to an activating group) is 1. The van der Waals surface area contributed by atoms with Crippen LogP contribution in [0.15, 0.2) is 72.8 Å². The third-order valence-corrected chi connectivity index (χ3v) is 9.71. The highest BCUT2D eigenvalue weighted by Crippen LogP contribution is 2.32. The Morgan fingerprint density at radius 1 is 0.902 bits per heavy atom. The second kappa shape index (κ2) is 17.2. The molecule has 1 saturated heterocycles. The third kappa shape index (κ3) is 8.91. The summed E-state index contributed by atoms with van der Waals surface area (Å²) < 4.78 is 15.4. The summed E-state index contributed by atoms with van der Waals surface area (Å²) in [5, 5.41) is 12.8. The van der Waals surface area contributed by atoms with Crippen LogP contribution in [0.2, 0.25) is 5.15 Å². The Morgan fingerprint density at radius 3 is 2.29 bits per heavy atom. The lowest BCUT2D eigenvalue weighted by Gasteiger charge is -2.32. The van der Waals surface area contributed by atoms with Gasteiger partial charge in [-0.3, -0.25) is 4.90 Å².